The number of piperidine rings is 1. The number of rotatable bonds is 5. The summed E-state index contributed by atoms with van der Waals surface area (Å²) in [4.78, 5) is 18.1. The molecule has 3 rings (SSSR count). The molecule has 1 aromatic rings. The molecular formula is C16H23BrN2OS. The minimum absolute atomic E-state index is 0.267. The Morgan fingerprint density at radius 3 is 2.48 bits per heavy atom. The van der Waals surface area contributed by atoms with Crippen molar-refractivity contribution >= 4 is 33.0 Å². The number of thiophene rings is 1. The van der Waals surface area contributed by atoms with Crippen LogP contribution < -0.4 is 0 Å². The van der Waals surface area contributed by atoms with Crippen molar-refractivity contribution in [1.29, 1.82) is 0 Å². The topological polar surface area (TPSA) is 23.6 Å². The van der Waals surface area contributed by atoms with Crippen molar-refractivity contribution in [3.63, 3.8) is 0 Å². The van der Waals surface area contributed by atoms with Gasteiger partial charge in [-0.05, 0) is 85.8 Å². The van der Waals surface area contributed by atoms with E-state index < -0.39 is 0 Å². The summed E-state index contributed by atoms with van der Waals surface area (Å²) in [5.74, 6) is 1.11. The largest absolute Gasteiger partial charge is 0.303 e. The molecule has 2 aliphatic heterocycles. The molecule has 0 aliphatic carbocycles. The molecule has 0 spiro atoms. The molecule has 3 nitrogen and oxygen atoms in total. The van der Waals surface area contributed by atoms with Crippen molar-refractivity contribution in [3.05, 3.63) is 20.8 Å². The van der Waals surface area contributed by atoms with Crippen molar-refractivity contribution in [1.82, 2.24) is 9.80 Å². The Kier molecular flexibility index (Phi) is 5.49. The van der Waals surface area contributed by atoms with Crippen molar-refractivity contribution in [3.8, 4) is 0 Å². The van der Waals surface area contributed by atoms with Crippen LogP contribution in [0.3, 0.4) is 0 Å². The Labute approximate surface area is 139 Å². The number of hydrogen-bond acceptors (Lipinski definition) is 4. The van der Waals surface area contributed by atoms with Gasteiger partial charge in [-0.2, -0.15) is 0 Å². The lowest BCUT2D eigenvalue weighted by Crippen LogP contribution is -2.40. The van der Waals surface area contributed by atoms with Crippen LogP contribution in [0.4, 0.5) is 0 Å². The number of carbonyl (C=O) groups excluding carboxylic acids is 1. The van der Waals surface area contributed by atoms with E-state index in [0.29, 0.717) is 6.54 Å². The van der Waals surface area contributed by atoms with Gasteiger partial charge in [0.2, 0.25) is 0 Å². The maximum atomic E-state index is 12.2. The highest BCUT2D eigenvalue weighted by Gasteiger charge is 2.24. The average Bonchev–Trinajstić information content (AvgIpc) is 3.12. The van der Waals surface area contributed by atoms with Crippen LogP contribution in [0.2, 0.25) is 0 Å². The summed E-state index contributed by atoms with van der Waals surface area (Å²) < 4.78 is 1.04. The highest BCUT2D eigenvalue weighted by Crippen LogP contribution is 2.24. The quantitative estimate of drug-likeness (QED) is 0.741. The maximum absolute atomic E-state index is 12.2. The Bertz CT molecular complexity index is 476. The monoisotopic (exact) mass is 370 g/mol. The Morgan fingerprint density at radius 1 is 1.14 bits per heavy atom. The Morgan fingerprint density at radius 2 is 1.86 bits per heavy atom. The van der Waals surface area contributed by atoms with E-state index in [1.807, 2.05) is 12.1 Å². The molecule has 2 aliphatic rings. The molecule has 0 bridgehead atoms. The van der Waals surface area contributed by atoms with Gasteiger partial charge in [-0.25, -0.2) is 0 Å². The summed E-state index contributed by atoms with van der Waals surface area (Å²) >= 11 is 4.96. The molecule has 3 heterocycles. The number of halogens is 1. The lowest BCUT2D eigenvalue weighted by atomic mass is 9.96. The van der Waals surface area contributed by atoms with Gasteiger partial charge in [0.05, 0.1) is 15.2 Å². The SMILES string of the molecule is O=C(CN1CCC(CN2CCCC2)CC1)c1ccc(Br)s1. The van der Waals surface area contributed by atoms with Crippen LogP contribution in [0.15, 0.2) is 15.9 Å². The fourth-order valence-corrected chi connectivity index (χ4v) is 4.72. The molecular weight excluding hydrogens is 348 g/mol. The van der Waals surface area contributed by atoms with E-state index >= 15 is 0 Å². The van der Waals surface area contributed by atoms with Crippen LogP contribution in [0.5, 0.6) is 0 Å². The van der Waals surface area contributed by atoms with Crippen LogP contribution in [0.25, 0.3) is 0 Å². The van der Waals surface area contributed by atoms with Crippen molar-refractivity contribution in [2.75, 3.05) is 39.3 Å². The first kappa shape index (κ1) is 15.7. The van der Waals surface area contributed by atoms with E-state index in [4.69, 9.17) is 0 Å². The molecule has 1 aromatic heterocycles. The zero-order valence-corrected chi connectivity index (χ0v) is 14.8. The second-order valence-electron chi connectivity index (χ2n) is 6.25. The van der Waals surface area contributed by atoms with E-state index in [1.54, 1.807) is 11.3 Å². The molecule has 5 heteroatoms. The van der Waals surface area contributed by atoms with E-state index in [2.05, 4.69) is 25.7 Å². The summed E-state index contributed by atoms with van der Waals surface area (Å²) in [5, 5.41) is 0. The number of Topliss-reactive ketones (excluding diaryl/α,β-unsaturated/α-hetero) is 1. The number of ketones is 1. The molecule has 0 amide bonds. The summed E-state index contributed by atoms with van der Waals surface area (Å²) in [5.41, 5.74) is 0. The lowest BCUT2D eigenvalue weighted by Gasteiger charge is -2.33. The molecule has 0 aromatic carbocycles. The van der Waals surface area contributed by atoms with Gasteiger partial charge in [0, 0.05) is 6.54 Å². The van der Waals surface area contributed by atoms with Gasteiger partial charge in [-0.15, -0.1) is 11.3 Å². The van der Waals surface area contributed by atoms with Gasteiger partial charge in [0.15, 0.2) is 5.78 Å². The predicted octanol–water partition coefficient (Wildman–Crippen LogP) is 3.50. The first-order valence-corrected chi connectivity index (χ1v) is 9.55. The van der Waals surface area contributed by atoms with Crippen LogP contribution >= 0.6 is 27.3 Å². The molecule has 116 valence electrons. The van der Waals surface area contributed by atoms with Gasteiger partial charge in [-0.3, -0.25) is 9.69 Å². The van der Waals surface area contributed by atoms with Crippen LogP contribution in [-0.2, 0) is 0 Å². The third kappa shape index (κ3) is 4.38. The minimum Gasteiger partial charge on any atom is -0.303 e. The number of hydrogen-bond donors (Lipinski definition) is 0. The normalized spacial score (nSPS) is 22.0. The zero-order valence-electron chi connectivity index (χ0n) is 12.4. The summed E-state index contributed by atoms with van der Waals surface area (Å²) in [6.07, 6.45) is 5.25. The van der Waals surface area contributed by atoms with Gasteiger partial charge < -0.3 is 4.90 Å². The second kappa shape index (κ2) is 7.36. The molecule has 2 saturated heterocycles. The van der Waals surface area contributed by atoms with Crippen LogP contribution in [-0.4, -0.2) is 54.9 Å². The van der Waals surface area contributed by atoms with Gasteiger partial charge in [0.1, 0.15) is 0 Å². The standard InChI is InChI=1S/C16H23BrN2OS/c17-16-4-3-15(21-16)14(20)12-19-9-5-13(6-10-19)11-18-7-1-2-8-18/h3-4,13H,1-2,5-12H2. The zero-order chi connectivity index (χ0) is 14.7. The number of likely N-dealkylation sites (tertiary alicyclic amines) is 2. The molecule has 0 N–H and O–H groups in total. The van der Waals surface area contributed by atoms with Crippen molar-refractivity contribution in [2.24, 2.45) is 5.92 Å². The van der Waals surface area contributed by atoms with E-state index in [0.717, 1.165) is 27.7 Å². The Balaban J connectivity index is 1.42. The van der Waals surface area contributed by atoms with E-state index in [1.165, 1.54) is 45.3 Å². The van der Waals surface area contributed by atoms with Crippen LogP contribution in [0.1, 0.15) is 35.4 Å². The van der Waals surface area contributed by atoms with E-state index in [9.17, 15) is 4.79 Å². The highest BCUT2D eigenvalue weighted by molar-refractivity contribution is 9.11. The van der Waals surface area contributed by atoms with Gasteiger partial charge >= 0.3 is 0 Å². The van der Waals surface area contributed by atoms with Crippen molar-refractivity contribution < 1.29 is 4.79 Å². The molecule has 0 radical (unpaired) electrons. The fraction of sp³-hybridized carbons (Fsp3) is 0.688. The third-order valence-corrected chi connectivity index (χ3v) is 6.30. The molecule has 2 fully saturated rings. The first-order valence-electron chi connectivity index (χ1n) is 7.94. The first-order chi connectivity index (χ1) is 10.2. The molecule has 0 atom stereocenters. The van der Waals surface area contributed by atoms with Gasteiger partial charge in [-0.1, -0.05) is 0 Å². The predicted molar refractivity (Wildman–Crippen MR) is 91.2 cm³/mol. The fourth-order valence-electron chi connectivity index (χ4n) is 3.40. The summed E-state index contributed by atoms with van der Waals surface area (Å²) in [6.45, 7) is 6.62. The average molecular weight is 371 g/mol. The number of nitrogens with zero attached hydrogens (tertiary/aromatic N) is 2. The van der Waals surface area contributed by atoms with E-state index in [-0.39, 0.29) is 5.78 Å². The molecule has 21 heavy (non-hydrogen) atoms. The minimum atomic E-state index is 0.267. The molecule has 0 unspecified atom stereocenters. The maximum Gasteiger partial charge on any atom is 0.186 e. The summed E-state index contributed by atoms with van der Waals surface area (Å²) in [6, 6.07) is 3.89. The summed E-state index contributed by atoms with van der Waals surface area (Å²) in [7, 11) is 0. The third-order valence-electron chi connectivity index (χ3n) is 4.64. The smallest absolute Gasteiger partial charge is 0.186 e. The highest BCUT2D eigenvalue weighted by atomic mass is 79.9. The second-order valence-corrected chi connectivity index (χ2v) is 8.72. The van der Waals surface area contributed by atoms with Crippen molar-refractivity contribution in [2.45, 2.75) is 25.7 Å². The lowest BCUT2D eigenvalue weighted by molar-refractivity contribution is 0.0886. The number of carbonyl (C=O) groups is 1. The Hall–Kier alpha value is -0.230. The van der Waals surface area contributed by atoms with Crippen LogP contribution in [0, 0.1) is 5.92 Å². The van der Waals surface area contributed by atoms with Gasteiger partial charge in [0.25, 0.3) is 0 Å². The molecule has 0 saturated carbocycles.